The second kappa shape index (κ2) is 6.76. The molecule has 5 heteroatoms. The van der Waals surface area contributed by atoms with E-state index in [1.807, 2.05) is 0 Å². The Hall–Kier alpha value is -0.650. The van der Waals surface area contributed by atoms with Crippen LogP contribution in [0.1, 0.15) is 19.3 Å². The van der Waals surface area contributed by atoms with E-state index < -0.39 is 0 Å². The van der Waals surface area contributed by atoms with Crippen molar-refractivity contribution in [3.63, 3.8) is 0 Å². The number of hydrogen-bond donors (Lipinski definition) is 3. The van der Waals surface area contributed by atoms with Crippen molar-refractivity contribution >= 4 is 5.91 Å². The zero-order valence-electron chi connectivity index (χ0n) is 9.11. The zero-order valence-corrected chi connectivity index (χ0v) is 9.11. The lowest BCUT2D eigenvalue weighted by Crippen LogP contribution is -2.40. The predicted molar refractivity (Wildman–Crippen MR) is 58.4 cm³/mol. The SMILES string of the molecule is NC(=O)CCN(CCO)CC1CCCN1. The summed E-state index contributed by atoms with van der Waals surface area (Å²) in [5.74, 6) is -0.280. The van der Waals surface area contributed by atoms with E-state index in [0.29, 0.717) is 25.6 Å². The van der Waals surface area contributed by atoms with Crippen LogP contribution in [0.15, 0.2) is 0 Å². The second-order valence-electron chi connectivity index (χ2n) is 4.03. The van der Waals surface area contributed by atoms with Gasteiger partial charge in [-0.05, 0) is 19.4 Å². The van der Waals surface area contributed by atoms with Gasteiger partial charge in [-0.15, -0.1) is 0 Å². The highest BCUT2D eigenvalue weighted by molar-refractivity contribution is 5.73. The molecule has 0 saturated carbocycles. The van der Waals surface area contributed by atoms with Crippen molar-refractivity contribution < 1.29 is 9.90 Å². The van der Waals surface area contributed by atoms with E-state index in [2.05, 4.69) is 10.2 Å². The number of hydrogen-bond acceptors (Lipinski definition) is 4. The molecular weight excluding hydrogens is 194 g/mol. The van der Waals surface area contributed by atoms with Gasteiger partial charge in [0.1, 0.15) is 0 Å². The lowest BCUT2D eigenvalue weighted by atomic mass is 10.2. The van der Waals surface area contributed by atoms with E-state index in [4.69, 9.17) is 10.8 Å². The first-order chi connectivity index (χ1) is 7.22. The number of carbonyl (C=O) groups excluding carboxylic acids is 1. The molecule has 5 nitrogen and oxygen atoms in total. The molecule has 1 saturated heterocycles. The first kappa shape index (κ1) is 12.4. The van der Waals surface area contributed by atoms with Gasteiger partial charge >= 0.3 is 0 Å². The van der Waals surface area contributed by atoms with E-state index >= 15 is 0 Å². The number of aliphatic hydroxyl groups is 1. The highest BCUT2D eigenvalue weighted by atomic mass is 16.3. The predicted octanol–water partition coefficient (Wildman–Crippen LogP) is -1.09. The number of amides is 1. The van der Waals surface area contributed by atoms with Gasteiger partial charge in [0.05, 0.1) is 6.61 Å². The Kier molecular flexibility index (Phi) is 5.60. The molecule has 0 radical (unpaired) electrons. The minimum Gasteiger partial charge on any atom is -0.395 e. The van der Waals surface area contributed by atoms with Gasteiger partial charge in [0, 0.05) is 32.1 Å². The molecule has 0 aromatic rings. The van der Waals surface area contributed by atoms with Crippen LogP contribution in [0.5, 0.6) is 0 Å². The quantitative estimate of drug-likeness (QED) is 0.504. The van der Waals surface area contributed by atoms with Crippen LogP contribution in [0.25, 0.3) is 0 Å². The maximum absolute atomic E-state index is 10.7. The average Bonchev–Trinajstić information content (AvgIpc) is 2.67. The Morgan fingerprint density at radius 1 is 1.53 bits per heavy atom. The summed E-state index contributed by atoms with van der Waals surface area (Å²) in [6.07, 6.45) is 2.76. The minimum absolute atomic E-state index is 0.130. The summed E-state index contributed by atoms with van der Waals surface area (Å²) in [7, 11) is 0. The third-order valence-electron chi connectivity index (χ3n) is 2.73. The third kappa shape index (κ3) is 5.11. The fourth-order valence-electron chi connectivity index (χ4n) is 1.93. The Morgan fingerprint density at radius 3 is 2.87 bits per heavy atom. The molecule has 15 heavy (non-hydrogen) atoms. The van der Waals surface area contributed by atoms with Crippen LogP contribution < -0.4 is 11.1 Å². The van der Waals surface area contributed by atoms with E-state index in [1.54, 1.807) is 0 Å². The first-order valence-electron chi connectivity index (χ1n) is 5.57. The molecule has 0 spiro atoms. The molecule has 0 bridgehead atoms. The van der Waals surface area contributed by atoms with Crippen LogP contribution in [-0.2, 0) is 4.79 Å². The molecular formula is C10H21N3O2. The Balaban J connectivity index is 2.25. The van der Waals surface area contributed by atoms with Crippen molar-refractivity contribution in [2.45, 2.75) is 25.3 Å². The highest BCUT2D eigenvalue weighted by Crippen LogP contribution is 2.07. The lowest BCUT2D eigenvalue weighted by molar-refractivity contribution is -0.118. The summed E-state index contributed by atoms with van der Waals surface area (Å²) in [4.78, 5) is 12.8. The zero-order chi connectivity index (χ0) is 11.1. The van der Waals surface area contributed by atoms with Crippen LogP contribution >= 0.6 is 0 Å². The maximum Gasteiger partial charge on any atom is 0.218 e. The molecule has 1 heterocycles. The molecule has 1 unspecified atom stereocenters. The number of carbonyl (C=O) groups is 1. The monoisotopic (exact) mass is 215 g/mol. The number of nitrogens with zero attached hydrogens (tertiary/aromatic N) is 1. The largest absolute Gasteiger partial charge is 0.395 e. The Morgan fingerprint density at radius 2 is 2.33 bits per heavy atom. The molecule has 1 aliphatic heterocycles. The van der Waals surface area contributed by atoms with Crippen molar-refractivity contribution in [1.82, 2.24) is 10.2 Å². The highest BCUT2D eigenvalue weighted by Gasteiger charge is 2.17. The van der Waals surface area contributed by atoms with E-state index in [-0.39, 0.29) is 12.5 Å². The first-order valence-corrected chi connectivity index (χ1v) is 5.57. The topological polar surface area (TPSA) is 78.6 Å². The fourth-order valence-corrected chi connectivity index (χ4v) is 1.93. The second-order valence-corrected chi connectivity index (χ2v) is 4.03. The van der Waals surface area contributed by atoms with Gasteiger partial charge in [0.25, 0.3) is 0 Å². The molecule has 1 fully saturated rings. The van der Waals surface area contributed by atoms with Crippen molar-refractivity contribution in [2.24, 2.45) is 5.73 Å². The van der Waals surface area contributed by atoms with Gasteiger partial charge in [0.2, 0.25) is 5.91 Å². The summed E-state index contributed by atoms with van der Waals surface area (Å²) in [6, 6.07) is 0.504. The van der Waals surface area contributed by atoms with Crippen molar-refractivity contribution in [3.05, 3.63) is 0 Å². The molecule has 4 N–H and O–H groups in total. The van der Waals surface area contributed by atoms with Crippen molar-refractivity contribution in [2.75, 3.05) is 32.8 Å². The van der Waals surface area contributed by atoms with Crippen LogP contribution in [-0.4, -0.2) is 54.7 Å². The van der Waals surface area contributed by atoms with Crippen LogP contribution in [0, 0.1) is 0 Å². The molecule has 1 rings (SSSR count). The Labute approximate surface area is 90.6 Å². The molecule has 1 aliphatic rings. The molecule has 88 valence electrons. The number of primary amides is 1. The molecule has 1 atom stereocenters. The molecule has 0 aromatic carbocycles. The number of nitrogens with two attached hydrogens (primary N) is 1. The smallest absolute Gasteiger partial charge is 0.218 e. The van der Waals surface area contributed by atoms with Gasteiger partial charge < -0.3 is 16.2 Å². The minimum atomic E-state index is -0.280. The van der Waals surface area contributed by atoms with Gasteiger partial charge in [-0.3, -0.25) is 9.69 Å². The summed E-state index contributed by atoms with van der Waals surface area (Å²) in [6.45, 7) is 3.37. The fraction of sp³-hybridized carbons (Fsp3) is 0.900. The maximum atomic E-state index is 10.7. The van der Waals surface area contributed by atoms with Crippen molar-refractivity contribution in [1.29, 1.82) is 0 Å². The number of rotatable bonds is 7. The van der Waals surface area contributed by atoms with Crippen LogP contribution in [0.3, 0.4) is 0 Å². The summed E-state index contributed by atoms with van der Waals surface area (Å²) < 4.78 is 0. The van der Waals surface area contributed by atoms with Crippen LogP contribution in [0.2, 0.25) is 0 Å². The summed E-state index contributed by atoms with van der Waals surface area (Å²) in [5.41, 5.74) is 5.10. The Bertz CT molecular complexity index is 193. The standard InChI is InChI=1S/C10H21N3O2/c11-10(15)3-5-13(6-7-14)8-9-2-1-4-12-9/h9,12,14H,1-8H2,(H2,11,15). The molecule has 0 aromatic heterocycles. The van der Waals surface area contributed by atoms with Crippen molar-refractivity contribution in [3.8, 4) is 0 Å². The van der Waals surface area contributed by atoms with Gasteiger partial charge in [0.15, 0.2) is 0 Å². The average molecular weight is 215 g/mol. The normalized spacial score (nSPS) is 21.1. The number of aliphatic hydroxyl groups excluding tert-OH is 1. The molecule has 1 amide bonds. The molecule has 0 aliphatic carbocycles. The van der Waals surface area contributed by atoms with Gasteiger partial charge in [-0.25, -0.2) is 0 Å². The lowest BCUT2D eigenvalue weighted by Gasteiger charge is -2.24. The number of nitrogens with one attached hydrogen (secondary N) is 1. The summed E-state index contributed by atoms with van der Waals surface area (Å²) in [5, 5.41) is 12.3. The van der Waals surface area contributed by atoms with E-state index in [1.165, 1.54) is 12.8 Å². The van der Waals surface area contributed by atoms with Gasteiger partial charge in [-0.1, -0.05) is 0 Å². The third-order valence-corrected chi connectivity index (χ3v) is 2.73. The summed E-state index contributed by atoms with van der Waals surface area (Å²) >= 11 is 0. The van der Waals surface area contributed by atoms with Crippen LogP contribution in [0.4, 0.5) is 0 Å². The van der Waals surface area contributed by atoms with E-state index in [9.17, 15) is 4.79 Å². The van der Waals surface area contributed by atoms with E-state index in [0.717, 1.165) is 13.1 Å². The van der Waals surface area contributed by atoms with Gasteiger partial charge in [-0.2, -0.15) is 0 Å².